The van der Waals surface area contributed by atoms with Crippen LogP contribution in [0, 0.1) is 0 Å². The van der Waals surface area contributed by atoms with Gasteiger partial charge in [-0.05, 0) is 31.5 Å². The lowest BCUT2D eigenvalue weighted by Gasteiger charge is -2.16. The van der Waals surface area contributed by atoms with Gasteiger partial charge in [-0.2, -0.15) is 0 Å². The summed E-state index contributed by atoms with van der Waals surface area (Å²) in [5.74, 6) is -0.371. The minimum absolute atomic E-state index is 0.367. The number of nitrogens with two attached hydrogens (primary N) is 1. The molecule has 0 spiro atoms. The number of carbonyl (C=O) groups is 1. The van der Waals surface area contributed by atoms with Crippen molar-refractivity contribution in [2.24, 2.45) is 0 Å². The second kappa shape index (κ2) is 6.13. The van der Waals surface area contributed by atoms with Crippen LogP contribution < -0.4 is 11.1 Å². The minimum atomic E-state index is -0.371. The number of rotatable bonds is 5. The molecule has 0 unspecified atom stereocenters. The summed E-state index contributed by atoms with van der Waals surface area (Å²) in [7, 11) is 1.36. The molecule has 0 aliphatic carbocycles. The molecule has 0 radical (unpaired) electrons. The molecule has 0 heterocycles. The monoisotopic (exact) mass is 236 g/mol. The summed E-state index contributed by atoms with van der Waals surface area (Å²) in [6.45, 7) is 4.25. The quantitative estimate of drug-likeness (QED) is 0.609. The van der Waals surface area contributed by atoms with Crippen LogP contribution in [0.3, 0.4) is 0 Å². The third kappa shape index (κ3) is 3.66. The summed E-state index contributed by atoms with van der Waals surface area (Å²) in [5, 5.41) is 3.32. The molecule has 0 aliphatic heterocycles. The molecule has 0 aromatic heterocycles. The van der Waals surface area contributed by atoms with Crippen LogP contribution in [0.15, 0.2) is 18.2 Å². The van der Waals surface area contributed by atoms with E-state index in [9.17, 15) is 4.79 Å². The molecule has 0 aliphatic rings. The fourth-order valence-corrected chi connectivity index (χ4v) is 1.71. The number of esters is 1. The molecule has 0 fully saturated rings. The van der Waals surface area contributed by atoms with E-state index in [1.54, 1.807) is 12.1 Å². The van der Waals surface area contributed by atoms with Crippen LogP contribution in [0.25, 0.3) is 0 Å². The second-order valence-electron chi connectivity index (χ2n) is 4.13. The summed E-state index contributed by atoms with van der Waals surface area (Å²) < 4.78 is 4.64. The van der Waals surface area contributed by atoms with E-state index in [2.05, 4.69) is 23.9 Å². The zero-order valence-corrected chi connectivity index (χ0v) is 10.6. The molecule has 0 amide bonds. The maximum Gasteiger partial charge on any atom is 0.337 e. The number of methoxy groups -OCH3 is 1. The summed E-state index contributed by atoms with van der Waals surface area (Å²) >= 11 is 0. The zero-order chi connectivity index (χ0) is 12.8. The van der Waals surface area contributed by atoms with Gasteiger partial charge in [-0.15, -0.1) is 0 Å². The number of nitrogen functional groups attached to an aromatic ring is 1. The van der Waals surface area contributed by atoms with E-state index in [-0.39, 0.29) is 5.97 Å². The van der Waals surface area contributed by atoms with Crippen LogP contribution >= 0.6 is 0 Å². The van der Waals surface area contributed by atoms with Crippen molar-refractivity contribution >= 4 is 17.3 Å². The van der Waals surface area contributed by atoms with E-state index in [1.807, 2.05) is 6.07 Å². The summed E-state index contributed by atoms with van der Waals surface area (Å²) in [6, 6.07) is 5.52. The van der Waals surface area contributed by atoms with Gasteiger partial charge in [0.2, 0.25) is 0 Å². The topological polar surface area (TPSA) is 64.3 Å². The van der Waals surface area contributed by atoms with Crippen molar-refractivity contribution in [3.05, 3.63) is 23.8 Å². The van der Waals surface area contributed by atoms with Gasteiger partial charge in [0.1, 0.15) is 0 Å². The highest BCUT2D eigenvalue weighted by atomic mass is 16.5. The lowest BCUT2D eigenvalue weighted by atomic mass is 10.1. The van der Waals surface area contributed by atoms with Gasteiger partial charge in [-0.25, -0.2) is 4.79 Å². The first kappa shape index (κ1) is 13.4. The van der Waals surface area contributed by atoms with Crippen LogP contribution in [0.2, 0.25) is 0 Å². The van der Waals surface area contributed by atoms with Crippen molar-refractivity contribution in [2.45, 2.75) is 32.7 Å². The Morgan fingerprint density at radius 2 is 2.24 bits per heavy atom. The predicted molar refractivity (Wildman–Crippen MR) is 70.2 cm³/mol. The van der Waals surface area contributed by atoms with E-state index in [0.717, 1.165) is 18.5 Å². The third-order valence-electron chi connectivity index (χ3n) is 2.60. The molecule has 17 heavy (non-hydrogen) atoms. The van der Waals surface area contributed by atoms with Gasteiger partial charge in [-0.3, -0.25) is 0 Å². The van der Waals surface area contributed by atoms with Gasteiger partial charge in [0.15, 0.2) is 0 Å². The summed E-state index contributed by atoms with van der Waals surface area (Å²) in [5.41, 5.74) is 7.78. The van der Waals surface area contributed by atoms with Crippen LogP contribution in [-0.4, -0.2) is 19.1 Å². The second-order valence-corrected chi connectivity index (χ2v) is 4.13. The largest absolute Gasteiger partial charge is 0.465 e. The van der Waals surface area contributed by atoms with Crippen molar-refractivity contribution in [3.8, 4) is 0 Å². The van der Waals surface area contributed by atoms with Gasteiger partial charge < -0.3 is 15.8 Å². The maximum absolute atomic E-state index is 11.3. The Bertz CT molecular complexity index is 391. The average molecular weight is 236 g/mol. The Hall–Kier alpha value is -1.71. The molecule has 1 atom stereocenters. The van der Waals surface area contributed by atoms with Crippen LogP contribution in [0.5, 0.6) is 0 Å². The molecule has 3 N–H and O–H groups in total. The molecule has 1 aromatic carbocycles. The fourth-order valence-electron chi connectivity index (χ4n) is 1.71. The number of hydrogen-bond donors (Lipinski definition) is 2. The van der Waals surface area contributed by atoms with Crippen molar-refractivity contribution < 1.29 is 9.53 Å². The highest BCUT2D eigenvalue weighted by Crippen LogP contribution is 2.21. The molecular formula is C13H20N2O2. The first-order chi connectivity index (χ1) is 8.08. The number of anilines is 2. The summed E-state index contributed by atoms with van der Waals surface area (Å²) in [6.07, 6.45) is 2.20. The van der Waals surface area contributed by atoms with E-state index < -0.39 is 0 Å². The minimum Gasteiger partial charge on any atom is -0.465 e. The van der Waals surface area contributed by atoms with Crippen molar-refractivity contribution in [1.82, 2.24) is 0 Å². The SMILES string of the molecule is CCC[C@@H](C)Nc1ccc(C(=O)OC)cc1N. The first-order valence-electron chi connectivity index (χ1n) is 5.82. The van der Waals surface area contributed by atoms with Gasteiger partial charge in [0.05, 0.1) is 24.0 Å². The van der Waals surface area contributed by atoms with E-state index in [1.165, 1.54) is 7.11 Å². The highest BCUT2D eigenvalue weighted by molar-refractivity contribution is 5.91. The average Bonchev–Trinajstić information content (AvgIpc) is 2.31. The Balaban J connectivity index is 2.79. The number of ether oxygens (including phenoxy) is 1. The predicted octanol–water partition coefficient (Wildman–Crippen LogP) is 2.66. The normalized spacial score (nSPS) is 11.9. The van der Waals surface area contributed by atoms with Crippen molar-refractivity contribution in [2.75, 3.05) is 18.2 Å². The maximum atomic E-state index is 11.3. The van der Waals surface area contributed by atoms with Crippen LogP contribution in [-0.2, 0) is 4.74 Å². The zero-order valence-electron chi connectivity index (χ0n) is 10.6. The Morgan fingerprint density at radius 3 is 2.76 bits per heavy atom. The Kier molecular flexibility index (Phi) is 4.82. The van der Waals surface area contributed by atoms with E-state index >= 15 is 0 Å². The van der Waals surface area contributed by atoms with Crippen molar-refractivity contribution in [1.29, 1.82) is 0 Å². The van der Waals surface area contributed by atoms with E-state index in [0.29, 0.717) is 17.3 Å². The number of nitrogens with one attached hydrogen (secondary N) is 1. The van der Waals surface area contributed by atoms with Gasteiger partial charge in [0, 0.05) is 6.04 Å². The molecule has 0 saturated heterocycles. The van der Waals surface area contributed by atoms with Gasteiger partial charge >= 0.3 is 5.97 Å². The fraction of sp³-hybridized carbons (Fsp3) is 0.462. The molecular weight excluding hydrogens is 216 g/mol. The molecule has 1 rings (SSSR count). The molecule has 0 saturated carbocycles. The van der Waals surface area contributed by atoms with Crippen LogP contribution in [0.4, 0.5) is 11.4 Å². The number of hydrogen-bond acceptors (Lipinski definition) is 4. The molecule has 4 nitrogen and oxygen atoms in total. The van der Waals surface area contributed by atoms with Gasteiger partial charge in [0.25, 0.3) is 0 Å². The smallest absolute Gasteiger partial charge is 0.337 e. The number of benzene rings is 1. The lowest BCUT2D eigenvalue weighted by molar-refractivity contribution is 0.0601. The molecule has 4 heteroatoms. The molecule has 1 aromatic rings. The Morgan fingerprint density at radius 1 is 1.53 bits per heavy atom. The molecule has 94 valence electrons. The summed E-state index contributed by atoms with van der Waals surface area (Å²) in [4.78, 5) is 11.3. The number of carbonyl (C=O) groups excluding carboxylic acids is 1. The lowest BCUT2D eigenvalue weighted by Crippen LogP contribution is -2.16. The highest BCUT2D eigenvalue weighted by Gasteiger charge is 2.09. The van der Waals surface area contributed by atoms with E-state index in [4.69, 9.17) is 5.73 Å². The standard InChI is InChI=1S/C13H20N2O2/c1-4-5-9(2)15-12-7-6-10(8-11(12)14)13(16)17-3/h6-9,15H,4-5,14H2,1-3H3/t9-/m1/s1. The van der Waals surface area contributed by atoms with Gasteiger partial charge in [-0.1, -0.05) is 13.3 Å². The molecule has 0 bridgehead atoms. The Labute approximate surface area is 102 Å². The van der Waals surface area contributed by atoms with Crippen molar-refractivity contribution in [3.63, 3.8) is 0 Å². The third-order valence-corrected chi connectivity index (χ3v) is 2.60. The first-order valence-corrected chi connectivity index (χ1v) is 5.82. The van der Waals surface area contributed by atoms with Crippen LogP contribution in [0.1, 0.15) is 37.0 Å².